The van der Waals surface area contributed by atoms with Crippen molar-refractivity contribution >= 4 is 34.5 Å². The molecule has 1 N–H and O–H groups in total. The SMILES string of the molecule is COc1cc(OC)c(NC(=O)CN(C)C(C)c2cccs2)cc1Cl. The molecule has 1 heterocycles. The van der Waals surface area contributed by atoms with E-state index in [2.05, 4.69) is 18.3 Å². The van der Waals surface area contributed by atoms with Crippen molar-refractivity contribution in [3.63, 3.8) is 0 Å². The number of carbonyl (C=O) groups is 1. The predicted molar refractivity (Wildman–Crippen MR) is 98.5 cm³/mol. The molecule has 1 aromatic heterocycles. The molecule has 0 aliphatic carbocycles. The van der Waals surface area contributed by atoms with Crippen LogP contribution in [-0.4, -0.2) is 38.6 Å². The van der Waals surface area contributed by atoms with Gasteiger partial charge in [-0.15, -0.1) is 11.3 Å². The molecule has 2 rings (SSSR count). The molecule has 7 heteroatoms. The Morgan fingerprint density at radius 2 is 2.04 bits per heavy atom. The molecule has 0 spiro atoms. The number of halogens is 1. The molecule has 0 radical (unpaired) electrons. The van der Waals surface area contributed by atoms with E-state index in [0.29, 0.717) is 22.2 Å². The van der Waals surface area contributed by atoms with Gasteiger partial charge in [-0.3, -0.25) is 9.69 Å². The van der Waals surface area contributed by atoms with E-state index < -0.39 is 0 Å². The smallest absolute Gasteiger partial charge is 0.238 e. The van der Waals surface area contributed by atoms with Crippen molar-refractivity contribution in [2.24, 2.45) is 0 Å². The minimum atomic E-state index is -0.138. The normalized spacial score (nSPS) is 12.1. The molecule has 130 valence electrons. The maximum atomic E-state index is 12.4. The van der Waals surface area contributed by atoms with Crippen LogP contribution < -0.4 is 14.8 Å². The lowest BCUT2D eigenvalue weighted by Crippen LogP contribution is -2.32. The highest BCUT2D eigenvalue weighted by Crippen LogP contribution is 2.35. The number of anilines is 1. The van der Waals surface area contributed by atoms with Crippen molar-refractivity contribution in [3.05, 3.63) is 39.5 Å². The van der Waals surface area contributed by atoms with Gasteiger partial charge in [0, 0.05) is 17.0 Å². The van der Waals surface area contributed by atoms with E-state index in [1.54, 1.807) is 23.5 Å². The quantitative estimate of drug-likeness (QED) is 0.801. The van der Waals surface area contributed by atoms with Crippen molar-refractivity contribution in [1.82, 2.24) is 4.90 Å². The van der Waals surface area contributed by atoms with Gasteiger partial charge in [0.15, 0.2) is 0 Å². The highest BCUT2D eigenvalue weighted by molar-refractivity contribution is 7.10. The summed E-state index contributed by atoms with van der Waals surface area (Å²) in [5.41, 5.74) is 0.519. The summed E-state index contributed by atoms with van der Waals surface area (Å²) in [5.74, 6) is 0.856. The number of hydrogen-bond acceptors (Lipinski definition) is 5. The third kappa shape index (κ3) is 4.41. The maximum absolute atomic E-state index is 12.4. The summed E-state index contributed by atoms with van der Waals surface area (Å²) in [4.78, 5) is 15.6. The van der Waals surface area contributed by atoms with Gasteiger partial charge in [-0.25, -0.2) is 0 Å². The van der Waals surface area contributed by atoms with Crippen molar-refractivity contribution in [3.8, 4) is 11.5 Å². The van der Waals surface area contributed by atoms with Crippen LogP contribution in [0.2, 0.25) is 5.02 Å². The molecule has 1 atom stereocenters. The fourth-order valence-electron chi connectivity index (χ4n) is 2.26. The fourth-order valence-corrected chi connectivity index (χ4v) is 3.35. The Morgan fingerprint density at radius 1 is 1.33 bits per heavy atom. The second-order valence-electron chi connectivity index (χ2n) is 5.34. The maximum Gasteiger partial charge on any atom is 0.238 e. The molecule has 0 saturated heterocycles. The molecule has 0 fully saturated rings. The number of carbonyl (C=O) groups excluding carboxylic acids is 1. The lowest BCUT2D eigenvalue weighted by Gasteiger charge is -2.23. The van der Waals surface area contributed by atoms with Crippen LogP contribution in [0.1, 0.15) is 17.8 Å². The van der Waals surface area contributed by atoms with Crippen molar-refractivity contribution in [2.75, 3.05) is 33.1 Å². The van der Waals surface area contributed by atoms with E-state index in [9.17, 15) is 4.79 Å². The minimum absolute atomic E-state index is 0.138. The van der Waals surface area contributed by atoms with Gasteiger partial charge in [0.2, 0.25) is 5.91 Å². The molecule has 0 saturated carbocycles. The number of nitrogens with one attached hydrogen (secondary N) is 1. The average molecular weight is 369 g/mol. The van der Waals surface area contributed by atoms with Crippen molar-refractivity contribution in [2.45, 2.75) is 13.0 Å². The van der Waals surface area contributed by atoms with Gasteiger partial charge in [0.25, 0.3) is 0 Å². The molecule has 24 heavy (non-hydrogen) atoms. The molecule has 5 nitrogen and oxygen atoms in total. The lowest BCUT2D eigenvalue weighted by atomic mass is 10.2. The first kappa shape index (κ1) is 18.6. The summed E-state index contributed by atoms with van der Waals surface area (Å²) in [6.45, 7) is 2.33. The number of nitrogens with zero attached hydrogens (tertiary/aromatic N) is 1. The molecule has 1 unspecified atom stereocenters. The summed E-state index contributed by atoms with van der Waals surface area (Å²) < 4.78 is 10.4. The zero-order chi connectivity index (χ0) is 17.7. The fraction of sp³-hybridized carbons (Fsp3) is 0.353. The number of hydrogen-bond donors (Lipinski definition) is 1. The van der Waals surface area contributed by atoms with Crippen LogP contribution in [0, 0.1) is 0 Å². The Bertz CT molecular complexity index is 691. The average Bonchev–Trinajstić information content (AvgIpc) is 3.08. The highest BCUT2D eigenvalue weighted by atomic mass is 35.5. The first-order valence-electron chi connectivity index (χ1n) is 7.41. The van der Waals surface area contributed by atoms with E-state index in [-0.39, 0.29) is 18.5 Å². The van der Waals surface area contributed by atoms with Crippen molar-refractivity contribution < 1.29 is 14.3 Å². The summed E-state index contributed by atoms with van der Waals surface area (Å²) >= 11 is 7.80. The van der Waals surface area contributed by atoms with E-state index in [4.69, 9.17) is 21.1 Å². The predicted octanol–water partition coefficient (Wildman–Crippen LogP) is 4.05. The summed E-state index contributed by atoms with van der Waals surface area (Å²) in [5, 5.41) is 5.29. The summed E-state index contributed by atoms with van der Waals surface area (Å²) in [6.07, 6.45) is 0. The monoisotopic (exact) mass is 368 g/mol. The lowest BCUT2D eigenvalue weighted by molar-refractivity contribution is -0.117. The van der Waals surface area contributed by atoms with Crippen LogP contribution in [0.5, 0.6) is 11.5 Å². The Balaban J connectivity index is 2.05. The zero-order valence-electron chi connectivity index (χ0n) is 14.1. The Morgan fingerprint density at radius 3 is 2.62 bits per heavy atom. The highest BCUT2D eigenvalue weighted by Gasteiger charge is 2.17. The van der Waals surface area contributed by atoms with Gasteiger partial charge >= 0.3 is 0 Å². The first-order valence-corrected chi connectivity index (χ1v) is 8.67. The van der Waals surface area contributed by atoms with E-state index in [1.165, 1.54) is 19.1 Å². The summed E-state index contributed by atoms with van der Waals surface area (Å²) in [7, 11) is 4.98. The number of thiophene rings is 1. The van der Waals surface area contributed by atoms with E-state index >= 15 is 0 Å². The zero-order valence-corrected chi connectivity index (χ0v) is 15.7. The number of rotatable bonds is 7. The number of methoxy groups -OCH3 is 2. The second kappa shape index (κ2) is 8.37. The van der Waals surface area contributed by atoms with Crippen LogP contribution in [0.15, 0.2) is 29.6 Å². The largest absolute Gasteiger partial charge is 0.495 e. The number of benzene rings is 1. The van der Waals surface area contributed by atoms with Gasteiger partial charge < -0.3 is 14.8 Å². The third-order valence-electron chi connectivity index (χ3n) is 3.76. The molecule has 1 amide bonds. The van der Waals surface area contributed by atoms with Gasteiger partial charge in [-0.2, -0.15) is 0 Å². The van der Waals surface area contributed by atoms with Gasteiger partial charge in [0.05, 0.1) is 31.5 Å². The van der Waals surface area contributed by atoms with Crippen LogP contribution >= 0.6 is 22.9 Å². The molecule has 0 aliphatic rings. The number of likely N-dealkylation sites (N-methyl/N-ethyl adjacent to an activating group) is 1. The Labute approximate surface area is 151 Å². The van der Waals surface area contributed by atoms with Crippen LogP contribution in [0.3, 0.4) is 0 Å². The van der Waals surface area contributed by atoms with Gasteiger partial charge in [-0.05, 0) is 31.5 Å². The van der Waals surface area contributed by atoms with Crippen LogP contribution in [0.4, 0.5) is 5.69 Å². The van der Waals surface area contributed by atoms with Crippen LogP contribution in [-0.2, 0) is 4.79 Å². The molecule has 1 aromatic carbocycles. The Kier molecular flexibility index (Phi) is 6.48. The van der Waals surface area contributed by atoms with E-state index in [0.717, 1.165) is 0 Å². The minimum Gasteiger partial charge on any atom is -0.495 e. The van der Waals surface area contributed by atoms with Crippen molar-refractivity contribution in [1.29, 1.82) is 0 Å². The molecule has 0 aliphatic heterocycles. The third-order valence-corrected chi connectivity index (χ3v) is 5.10. The van der Waals surface area contributed by atoms with Gasteiger partial charge in [-0.1, -0.05) is 17.7 Å². The standard InChI is InChI=1S/C17H21ClN2O3S/c1-11(16-6-5-7-24-16)20(2)10-17(21)19-13-8-12(18)14(22-3)9-15(13)23-4/h5-9,11H,10H2,1-4H3,(H,19,21). The second-order valence-corrected chi connectivity index (χ2v) is 6.73. The number of amides is 1. The summed E-state index contributed by atoms with van der Waals surface area (Å²) in [6, 6.07) is 7.51. The first-order chi connectivity index (χ1) is 11.5. The molecule has 2 aromatic rings. The molecular formula is C17H21ClN2O3S. The number of ether oxygens (including phenoxy) is 2. The van der Waals surface area contributed by atoms with Gasteiger partial charge in [0.1, 0.15) is 11.5 Å². The Hall–Kier alpha value is -1.76. The molecular weight excluding hydrogens is 348 g/mol. The van der Waals surface area contributed by atoms with Crippen LogP contribution in [0.25, 0.3) is 0 Å². The topological polar surface area (TPSA) is 50.8 Å². The van der Waals surface area contributed by atoms with E-state index in [1.807, 2.05) is 23.4 Å². The molecule has 0 bridgehead atoms.